The molecule has 1 amide bonds. The Balaban J connectivity index is 2.06. The fraction of sp³-hybridized carbons (Fsp3) is 0.200. The standard InChI is InChI=1S/C20H16Cl2N2O2/c1-20(2,14-8-15(21)10-16(22)9-14)24-12-26-17(11-23)18(19(24)25)13-6-4-3-5-7-13/h3-10H,12H2,1-2H3. The lowest BCUT2D eigenvalue weighted by Gasteiger charge is -2.41. The number of hydrogen-bond acceptors (Lipinski definition) is 3. The van der Waals surface area contributed by atoms with Crippen LogP contribution in [0.1, 0.15) is 25.0 Å². The number of benzene rings is 2. The average molecular weight is 387 g/mol. The Morgan fingerprint density at radius 2 is 1.73 bits per heavy atom. The van der Waals surface area contributed by atoms with Crippen LogP contribution in [0.5, 0.6) is 0 Å². The van der Waals surface area contributed by atoms with Crippen LogP contribution in [0, 0.1) is 11.3 Å². The Bertz CT molecular complexity index is 910. The van der Waals surface area contributed by atoms with Gasteiger partial charge in [0.1, 0.15) is 11.6 Å². The Hall–Kier alpha value is -2.48. The molecule has 0 N–H and O–H groups in total. The monoisotopic (exact) mass is 386 g/mol. The van der Waals surface area contributed by atoms with Gasteiger partial charge in [-0.25, -0.2) is 0 Å². The first-order chi connectivity index (χ1) is 12.3. The molecule has 2 aromatic rings. The van der Waals surface area contributed by atoms with E-state index in [1.165, 1.54) is 0 Å². The molecule has 1 heterocycles. The fourth-order valence-electron chi connectivity index (χ4n) is 2.92. The van der Waals surface area contributed by atoms with Crippen LogP contribution in [0.15, 0.2) is 54.3 Å². The summed E-state index contributed by atoms with van der Waals surface area (Å²) in [5.74, 6) is -0.252. The summed E-state index contributed by atoms with van der Waals surface area (Å²) in [4.78, 5) is 14.8. The van der Waals surface area contributed by atoms with E-state index in [-0.39, 0.29) is 24.0 Å². The summed E-state index contributed by atoms with van der Waals surface area (Å²) in [5, 5.41) is 10.4. The molecule has 0 bridgehead atoms. The van der Waals surface area contributed by atoms with Crippen LogP contribution in [0.3, 0.4) is 0 Å². The summed E-state index contributed by atoms with van der Waals surface area (Å²) >= 11 is 12.3. The van der Waals surface area contributed by atoms with E-state index in [2.05, 4.69) is 0 Å². The van der Waals surface area contributed by atoms with Crippen LogP contribution >= 0.6 is 23.2 Å². The van der Waals surface area contributed by atoms with Crippen molar-refractivity contribution in [3.63, 3.8) is 0 Å². The zero-order chi connectivity index (χ0) is 18.9. The summed E-state index contributed by atoms with van der Waals surface area (Å²) in [6.07, 6.45) is 0. The van der Waals surface area contributed by atoms with Gasteiger partial charge in [-0.3, -0.25) is 9.69 Å². The number of carbonyl (C=O) groups excluding carboxylic acids is 1. The van der Waals surface area contributed by atoms with Gasteiger partial charge in [0.25, 0.3) is 5.91 Å². The molecule has 2 aromatic carbocycles. The molecule has 0 atom stereocenters. The van der Waals surface area contributed by atoms with Crippen molar-refractivity contribution >= 4 is 34.7 Å². The van der Waals surface area contributed by atoms with Gasteiger partial charge in [-0.15, -0.1) is 0 Å². The van der Waals surface area contributed by atoms with Crippen LogP contribution in [-0.2, 0) is 15.1 Å². The summed E-state index contributed by atoms with van der Waals surface area (Å²) in [6, 6.07) is 16.2. The Morgan fingerprint density at radius 3 is 2.31 bits per heavy atom. The van der Waals surface area contributed by atoms with E-state index in [1.807, 2.05) is 38.1 Å². The second-order valence-electron chi connectivity index (χ2n) is 6.41. The third kappa shape index (κ3) is 3.29. The smallest absolute Gasteiger partial charge is 0.262 e. The third-order valence-corrected chi connectivity index (χ3v) is 4.87. The zero-order valence-electron chi connectivity index (χ0n) is 14.3. The number of carbonyl (C=O) groups is 1. The van der Waals surface area contributed by atoms with E-state index in [9.17, 15) is 10.1 Å². The molecular weight excluding hydrogens is 371 g/mol. The second kappa shape index (κ2) is 7.03. The molecule has 132 valence electrons. The number of hydrogen-bond donors (Lipinski definition) is 0. The Morgan fingerprint density at radius 1 is 1.12 bits per heavy atom. The van der Waals surface area contributed by atoms with Crippen LogP contribution in [0.2, 0.25) is 10.0 Å². The topological polar surface area (TPSA) is 53.3 Å². The number of halogens is 2. The first-order valence-corrected chi connectivity index (χ1v) is 8.71. The van der Waals surface area contributed by atoms with E-state index in [0.717, 1.165) is 5.56 Å². The van der Waals surface area contributed by atoms with Gasteiger partial charge in [-0.05, 0) is 43.2 Å². The molecule has 6 heteroatoms. The molecule has 0 spiro atoms. The average Bonchev–Trinajstić information content (AvgIpc) is 2.61. The first-order valence-electron chi connectivity index (χ1n) is 7.95. The molecular formula is C20H16Cl2N2O2. The highest BCUT2D eigenvalue weighted by Gasteiger charge is 2.39. The van der Waals surface area contributed by atoms with E-state index >= 15 is 0 Å². The van der Waals surface area contributed by atoms with Crippen molar-refractivity contribution in [1.82, 2.24) is 4.90 Å². The molecule has 0 saturated carbocycles. The van der Waals surface area contributed by atoms with Gasteiger partial charge in [0.15, 0.2) is 6.73 Å². The van der Waals surface area contributed by atoms with Crippen LogP contribution in [-0.4, -0.2) is 17.5 Å². The summed E-state index contributed by atoms with van der Waals surface area (Å²) in [7, 11) is 0. The maximum atomic E-state index is 13.3. The summed E-state index contributed by atoms with van der Waals surface area (Å²) in [5.41, 5.74) is 0.922. The summed E-state index contributed by atoms with van der Waals surface area (Å²) in [6.45, 7) is 3.74. The Kier molecular flexibility index (Phi) is 4.95. The van der Waals surface area contributed by atoms with E-state index in [0.29, 0.717) is 15.6 Å². The maximum absolute atomic E-state index is 13.3. The van der Waals surface area contributed by atoms with Gasteiger partial charge >= 0.3 is 0 Å². The number of amides is 1. The number of nitrogens with zero attached hydrogens (tertiary/aromatic N) is 2. The lowest BCUT2D eigenvalue weighted by atomic mass is 9.90. The minimum absolute atomic E-state index is 0.0253. The normalized spacial score (nSPS) is 14.9. The van der Waals surface area contributed by atoms with Gasteiger partial charge in [-0.2, -0.15) is 5.26 Å². The van der Waals surface area contributed by atoms with Crippen LogP contribution < -0.4 is 0 Å². The van der Waals surface area contributed by atoms with Gasteiger partial charge in [0, 0.05) is 10.0 Å². The highest BCUT2D eigenvalue weighted by atomic mass is 35.5. The van der Waals surface area contributed by atoms with Gasteiger partial charge in [0.2, 0.25) is 5.76 Å². The number of ether oxygens (including phenoxy) is 1. The molecule has 0 fully saturated rings. The number of rotatable bonds is 3. The summed E-state index contributed by atoms with van der Waals surface area (Å²) < 4.78 is 5.60. The second-order valence-corrected chi connectivity index (χ2v) is 7.28. The molecule has 3 rings (SSSR count). The lowest BCUT2D eigenvalue weighted by Crippen LogP contribution is -2.49. The number of nitriles is 1. The van der Waals surface area contributed by atoms with Gasteiger partial charge < -0.3 is 4.74 Å². The molecule has 0 radical (unpaired) electrons. The zero-order valence-corrected chi connectivity index (χ0v) is 15.8. The van der Waals surface area contributed by atoms with E-state index in [1.54, 1.807) is 35.2 Å². The predicted molar refractivity (Wildman–Crippen MR) is 101 cm³/mol. The van der Waals surface area contributed by atoms with Crippen LogP contribution in [0.25, 0.3) is 5.57 Å². The van der Waals surface area contributed by atoms with Crippen molar-refractivity contribution in [2.45, 2.75) is 19.4 Å². The van der Waals surface area contributed by atoms with Crippen LogP contribution in [0.4, 0.5) is 0 Å². The Labute approximate surface area is 162 Å². The largest absolute Gasteiger partial charge is 0.462 e. The van der Waals surface area contributed by atoms with Crippen molar-refractivity contribution in [3.05, 3.63) is 75.5 Å². The molecule has 0 saturated heterocycles. The quantitative estimate of drug-likeness (QED) is 0.747. The fourth-order valence-corrected chi connectivity index (χ4v) is 3.44. The van der Waals surface area contributed by atoms with Crippen molar-refractivity contribution in [1.29, 1.82) is 5.26 Å². The predicted octanol–water partition coefficient (Wildman–Crippen LogP) is 4.98. The van der Waals surface area contributed by atoms with Gasteiger partial charge in [-0.1, -0.05) is 53.5 Å². The number of allylic oxidation sites excluding steroid dienone is 1. The van der Waals surface area contributed by atoms with Crippen molar-refractivity contribution in [2.75, 3.05) is 6.73 Å². The van der Waals surface area contributed by atoms with Crippen molar-refractivity contribution < 1.29 is 9.53 Å². The molecule has 26 heavy (non-hydrogen) atoms. The molecule has 1 aliphatic rings. The van der Waals surface area contributed by atoms with E-state index < -0.39 is 5.54 Å². The third-order valence-electron chi connectivity index (χ3n) is 4.43. The molecule has 0 aliphatic carbocycles. The van der Waals surface area contributed by atoms with E-state index in [4.69, 9.17) is 27.9 Å². The molecule has 4 nitrogen and oxygen atoms in total. The minimum Gasteiger partial charge on any atom is -0.462 e. The van der Waals surface area contributed by atoms with Crippen molar-refractivity contribution in [3.8, 4) is 6.07 Å². The minimum atomic E-state index is -0.743. The SMILES string of the molecule is CC(C)(c1cc(Cl)cc(Cl)c1)N1COC(C#N)=C(c2ccccc2)C1=O. The van der Waals surface area contributed by atoms with Crippen molar-refractivity contribution in [2.24, 2.45) is 0 Å². The first kappa shape index (κ1) is 18.3. The highest BCUT2D eigenvalue weighted by Crippen LogP contribution is 2.37. The molecule has 0 unspecified atom stereocenters. The lowest BCUT2D eigenvalue weighted by molar-refractivity contribution is -0.139. The molecule has 1 aliphatic heterocycles. The maximum Gasteiger partial charge on any atom is 0.262 e. The molecule has 0 aromatic heterocycles. The van der Waals surface area contributed by atoms with Gasteiger partial charge in [0.05, 0.1) is 5.54 Å². The highest BCUT2D eigenvalue weighted by molar-refractivity contribution is 6.34.